The van der Waals surface area contributed by atoms with Crippen molar-refractivity contribution in [2.24, 2.45) is 11.8 Å². The van der Waals surface area contributed by atoms with Gasteiger partial charge in [-0.25, -0.2) is 4.98 Å². The molecule has 2 saturated carbocycles. The zero-order chi connectivity index (χ0) is 26.3. The van der Waals surface area contributed by atoms with E-state index in [0.717, 1.165) is 61.4 Å². The number of fused-ring (bicyclic) bond motifs is 5. The molecule has 4 atom stereocenters. The van der Waals surface area contributed by atoms with Crippen LogP contribution in [-0.2, 0) is 4.79 Å². The number of hydrogen-bond acceptors (Lipinski definition) is 4. The van der Waals surface area contributed by atoms with Crippen LogP contribution >= 0.6 is 0 Å². The van der Waals surface area contributed by atoms with Gasteiger partial charge in [0.05, 0.1) is 17.5 Å². The second kappa shape index (κ2) is 11.2. The molecule has 0 radical (unpaired) electrons. The summed E-state index contributed by atoms with van der Waals surface area (Å²) < 4.78 is 2.70. The largest absolute Gasteiger partial charge is 0.481 e. The molecule has 3 saturated heterocycles. The van der Waals surface area contributed by atoms with Gasteiger partial charge in [0, 0.05) is 36.6 Å². The van der Waals surface area contributed by atoms with Crippen molar-refractivity contribution in [2.75, 3.05) is 19.6 Å². The number of carboxylic acid groups (broad SMARTS) is 1. The second-order valence-corrected chi connectivity index (χ2v) is 13.8. The monoisotopic (exact) mass is 532 g/mol. The molecule has 2 aliphatic carbocycles. The number of imidazole rings is 1. The van der Waals surface area contributed by atoms with E-state index in [9.17, 15) is 4.79 Å². The first kappa shape index (κ1) is 26.0. The third-order valence-corrected chi connectivity index (χ3v) is 11.4. The molecule has 4 unspecified atom stereocenters. The van der Waals surface area contributed by atoms with E-state index in [1.165, 1.54) is 88.4 Å². The smallest absolute Gasteiger partial charge is 0.304 e. The maximum atomic E-state index is 11.1. The van der Waals surface area contributed by atoms with E-state index in [1.807, 2.05) is 0 Å². The molecular weight excluding hydrogens is 484 g/mol. The molecule has 6 heteroatoms. The van der Waals surface area contributed by atoms with Gasteiger partial charge in [-0.1, -0.05) is 44.2 Å². The van der Waals surface area contributed by atoms with Gasteiger partial charge < -0.3 is 14.6 Å². The Morgan fingerprint density at radius 1 is 0.795 bits per heavy atom. The van der Waals surface area contributed by atoms with Crippen LogP contribution in [0.4, 0.5) is 0 Å². The highest BCUT2D eigenvalue weighted by molar-refractivity contribution is 5.76. The zero-order valence-corrected chi connectivity index (χ0v) is 23.7. The van der Waals surface area contributed by atoms with Crippen LogP contribution in [0.5, 0.6) is 0 Å². The van der Waals surface area contributed by atoms with Crippen LogP contribution in [0, 0.1) is 11.8 Å². The van der Waals surface area contributed by atoms with Gasteiger partial charge >= 0.3 is 5.97 Å². The Bertz CT molecular complexity index is 1130. The summed E-state index contributed by atoms with van der Waals surface area (Å²) in [6.07, 6.45) is 19.5. The van der Waals surface area contributed by atoms with Crippen molar-refractivity contribution in [1.29, 1.82) is 0 Å². The number of rotatable bonds is 6. The van der Waals surface area contributed by atoms with Crippen molar-refractivity contribution < 1.29 is 9.90 Å². The quantitative estimate of drug-likeness (QED) is 0.454. The lowest BCUT2D eigenvalue weighted by molar-refractivity contribution is -0.137. The van der Waals surface area contributed by atoms with Gasteiger partial charge in [-0.05, 0) is 94.8 Å². The van der Waals surface area contributed by atoms with E-state index in [0.29, 0.717) is 18.5 Å². The van der Waals surface area contributed by atoms with Gasteiger partial charge in [0.1, 0.15) is 5.82 Å². The molecule has 2 aromatic rings. The lowest BCUT2D eigenvalue weighted by Gasteiger charge is -2.55. The number of benzene rings is 1. The van der Waals surface area contributed by atoms with Crippen molar-refractivity contribution in [1.82, 2.24) is 19.4 Å². The Morgan fingerprint density at radius 2 is 1.49 bits per heavy atom. The normalized spacial score (nSPS) is 34.7. The van der Waals surface area contributed by atoms with Crippen LogP contribution < -0.4 is 0 Å². The van der Waals surface area contributed by atoms with E-state index in [-0.39, 0.29) is 6.42 Å². The summed E-state index contributed by atoms with van der Waals surface area (Å²) in [5.41, 5.74) is 2.49. The standard InChI is InChI=1S/C33H48N4O2/c38-32(39)14-17-35-15-12-25(13-16-35)33-34-30-10-3-4-11-31(30)37(33)29-21-26-8-5-9-27(22-29)36(26)28-19-23-6-1-2-7-24(18-23)20-28/h3-4,10-11,23-29H,1-2,5-9,12-22H2,(H,38,39). The number of carboxylic acids is 1. The first-order valence-electron chi connectivity index (χ1n) is 16.3. The minimum atomic E-state index is -0.692. The van der Waals surface area contributed by atoms with Gasteiger partial charge in [-0.3, -0.25) is 9.69 Å². The maximum Gasteiger partial charge on any atom is 0.304 e. The SMILES string of the molecule is O=C(O)CCN1CCC(c2nc3ccccc3n2C2CC3CCCC(C2)N3C2CC3CCCCC(C3)C2)CC1. The lowest BCUT2D eigenvalue weighted by atomic mass is 9.73. The summed E-state index contributed by atoms with van der Waals surface area (Å²) in [5.74, 6) is 3.07. The first-order chi connectivity index (χ1) is 19.1. The molecular formula is C33H48N4O2. The number of aromatic nitrogens is 2. The number of para-hydroxylation sites is 2. The van der Waals surface area contributed by atoms with Crippen LogP contribution in [0.25, 0.3) is 11.0 Å². The van der Waals surface area contributed by atoms with Gasteiger partial charge in [0.15, 0.2) is 0 Å². The van der Waals surface area contributed by atoms with E-state index in [1.54, 1.807) is 0 Å². The van der Waals surface area contributed by atoms with Crippen molar-refractivity contribution in [3.63, 3.8) is 0 Å². The summed E-state index contributed by atoms with van der Waals surface area (Å²) in [7, 11) is 0. The summed E-state index contributed by atoms with van der Waals surface area (Å²) >= 11 is 0. The molecule has 5 fully saturated rings. The fraction of sp³-hybridized carbons (Fsp3) is 0.758. The van der Waals surface area contributed by atoms with Crippen LogP contribution in [0.15, 0.2) is 24.3 Å². The number of likely N-dealkylation sites (tertiary alicyclic amines) is 1. The third kappa shape index (κ3) is 5.28. The van der Waals surface area contributed by atoms with Gasteiger partial charge in [-0.2, -0.15) is 0 Å². The van der Waals surface area contributed by atoms with Crippen molar-refractivity contribution >= 4 is 17.0 Å². The van der Waals surface area contributed by atoms with Gasteiger partial charge in [0.2, 0.25) is 0 Å². The third-order valence-electron chi connectivity index (χ3n) is 11.4. The average Bonchev–Trinajstić information content (AvgIpc) is 3.24. The fourth-order valence-corrected chi connectivity index (χ4v) is 9.71. The molecule has 39 heavy (non-hydrogen) atoms. The Balaban J connectivity index is 1.12. The predicted octanol–water partition coefficient (Wildman–Crippen LogP) is 6.61. The Labute approximate surface area is 234 Å². The van der Waals surface area contributed by atoms with Gasteiger partial charge in [-0.15, -0.1) is 0 Å². The Kier molecular flexibility index (Phi) is 7.44. The number of aliphatic carboxylic acids is 1. The van der Waals surface area contributed by atoms with E-state index in [2.05, 4.69) is 38.6 Å². The molecule has 1 aromatic heterocycles. The van der Waals surface area contributed by atoms with Crippen LogP contribution in [0.1, 0.15) is 114 Å². The van der Waals surface area contributed by atoms with Crippen molar-refractivity contribution in [3.05, 3.63) is 30.1 Å². The summed E-state index contributed by atoms with van der Waals surface area (Å²) in [5, 5.41) is 9.12. The number of piperidine rings is 3. The predicted molar refractivity (Wildman–Crippen MR) is 155 cm³/mol. The second-order valence-electron chi connectivity index (χ2n) is 13.8. The molecule has 212 valence electrons. The topological polar surface area (TPSA) is 61.6 Å². The van der Waals surface area contributed by atoms with Crippen LogP contribution in [0.3, 0.4) is 0 Å². The Morgan fingerprint density at radius 3 is 2.18 bits per heavy atom. The van der Waals surface area contributed by atoms with Gasteiger partial charge in [0.25, 0.3) is 0 Å². The zero-order valence-electron chi connectivity index (χ0n) is 23.7. The van der Waals surface area contributed by atoms with Crippen LogP contribution in [-0.4, -0.2) is 68.2 Å². The molecule has 1 aromatic carbocycles. The minimum Gasteiger partial charge on any atom is -0.481 e. The molecule has 3 aliphatic heterocycles. The summed E-state index contributed by atoms with van der Waals surface area (Å²) in [6, 6.07) is 11.7. The molecule has 4 bridgehead atoms. The Hall–Kier alpha value is -1.92. The van der Waals surface area contributed by atoms with E-state index >= 15 is 0 Å². The van der Waals surface area contributed by atoms with Crippen molar-refractivity contribution in [2.45, 2.75) is 126 Å². The highest BCUT2D eigenvalue weighted by atomic mass is 16.4. The fourth-order valence-electron chi connectivity index (χ4n) is 9.71. The molecule has 7 rings (SSSR count). The van der Waals surface area contributed by atoms with Crippen molar-refractivity contribution in [3.8, 4) is 0 Å². The molecule has 0 amide bonds. The number of hydrogen-bond donors (Lipinski definition) is 1. The first-order valence-corrected chi connectivity index (χ1v) is 16.3. The molecule has 6 nitrogen and oxygen atoms in total. The molecule has 5 aliphatic rings. The lowest BCUT2D eigenvalue weighted by Crippen LogP contribution is -2.58. The highest BCUT2D eigenvalue weighted by Crippen LogP contribution is 2.48. The van der Waals surface area contributed by atoms with E-state index in [4.69, 9.17) is 10.1 Å². The summed E-state index contributed by atoms with van der Waals surface area (Å²) in [4.78, 5) is 21.8. The molecule has 0 spiro atoms. The molecule has 4 heterocycles. The average molecular weight is 533 g/mol. The maximum absolute atomic E-state index is 11.1. The minimum absolute atomic E-state index is 0.243. The van der Waals surface area contributed by atoms with E-state index < -0.39 is 5.97 Å². The summed E-state index contributed by atoms with van der Waals surface area (Å²) in [6.45, 7) is 2.63. The van der Waals surface area contributed by atoms with Crippen LogP contribution in [0.2, 0.25) is 0 Å². The molecule has 1 N–H and O–H groups in total. The highest BCUT2D eigenvalue weighted by Gasteiger charge is 2.45. The number of carbonyl (C=O) groups is 1. The number of nitrogens with zero attached hydrogens (tertiary/aromatic N) is 4.